The highest BCUT2D eigenvalue weighted by Gasteiger charge is 2.42. The van der Waals surface area contributed by atoms with Crippen molar-refractivity contribution in [3.8, 4) is 0 Å². The predicted octanol–water partition coefficient (Wildman–Crippen LogP) is 3.33. The zero-order chi connectivity index (χ0) is 12.0. The summed E-state index contributed by atoms with van der Waals surface area (Å²) in [7, 11) is 0. The van der Waals surface area contributed by atoms with Gasteiger partial charge in [0.15, 0.2) is 0 Å². The molecule has 1 nitrogen and oxygen atoms in total. The molecule has 1 aromatic carbocycles. The summed E-state index contributed by atoms with van der Waals surface area (Å²) in [5, 5.41) is 0. The first-order chi connectivity index (χ1) is 7.32. The second-order valence-corrected chi connectivity index (χ2v) is 5.62. The van der Waals surface area contributed by atoms with Crippen molar-refractivity contribution < 1.29 is 8.78 Å². The molecule has 1 atom stereocenters. The Kier molecular flexibility index (Phi) is 2.54. The number of rotatable bonds is 1. The van der Waals surface area contributed by atoms with Gasteiger partial charge in [0.2, 0.25) is 0 Å². The third kappa shape index (κ3) is 1.96. The van der Waals surface area contributed by atoms with Crippen LogP contribution in [0, 0.1) is 17.0 Å². The van der Waals surface area contributed by atoms with Gasteiger partial charge < -0.3 is 5.73 Å². The molecule has 1 aliphatic rings. The van der Waals surface area contributed by atoms with Crippen molar-refractivity contribution in [2.45, 2.75) is 38.6 Å². The average molecular weight is 225 g/mol. The lowest BCUT2D eigenvalue weighted by Crippen LogP contribution is -2.35. The molecule has 0 aromatic heterocycles. The fourth-order valence-electron chi connectivity index (χ4n) is 2.72. The minimum absolute atomic E-state index is 0.135. The summed E-state index contributed by atoms with van der Waals surface area (Å²) < 4.78 is 26.5. The first-order valence-electron chi connectivity index (χ1n) is 5.57. The molecule has 1 saturated carbocycles. The van der Waals surface area contributed by atoms with Crippen LogP contribution in [0.25, 0.3) is 0 Å². The molecule has 16 heavy (non-hydrogen) atoms. The van der Waals surface area contributed by atoms with Gasteiger partial charge in [-0.25, -0.2) is 8.78 Å². The molecule has 0 aliphatic heterocycles. The lowest BCUT2D eigenvalue weighted by Gasteiger charge is -2.27. The molecule has 0 saturated heterocycles. The zero-order valence-electron chi connectivity index (χ0n) is 9.69. The Morgan fingerprint density at radius 3 is 2.38 bits per heavy atom. The van der Waals surface area contributed by atoms with Crippen LogP contribution >= 0.6 is 0 Å². The molecule has 88 valence electrons. The minimum atomic E-state index is -0.638. The molecule has 1 aromatic rings. The standard InChI is InChI=1S/C13H17F2N/c1-12(2)5-6-13(16,8-12)10-4-3-9(14)7-11(10)15/h3-4,7H,5-6,8,16H2,1-2H3. The largest absolute Gasteiger partial charge is 0.321 e. The van der Waals surface area contributed by atoms with Gasteiger partial charge in [0.25, 0.3) is 0 Å². The second-order valence-electron chi connectivity index (χ2n) is 5.62. The third-order valence-electron chi connectivity index (χ3n) is 3.51. The summed E-state index contributed by atoms with van der Waals surface area (Å²) in [4.78, 5) is 0. The molecule has 0 heterocycles. The fourth-order valence-corrected chi connectivity index (χ4v) is 2.72. The van der Waals surface area contributed by atoms with Gasteiger partial charge in [-0.3, -0.25) is 0 Å². The minimum Gasteiger partial charge on any atom is -0.321 e. The zero-order valence-corrected chi connectivity index (χ0v) is 9.69. The molecule has 1 aliphatic carbocycles. The van der Waals surface area contributed by atoms with Gasteiger partial charge in [0.05, 0.1) is 0 Å². The molecule has 1 unspecified atom stereocenters. The van der Waals surface area contributed by atoms with E-state index in [9.17, 15) is 8.78 Å². The Hall–Kier alpha value is -0.960. The van der Waals surface area contributed by atoms with E-state index in [0.29, 0.717) is 5.56 Å². The smallest absolute Gasteiger partial charge is 0.131 e. The van der Waals surface area contributed by atoms with E-state index in [0.717, 1.165) is 25.3 Å². The highest BCUT2D eigenvalue weighted by Crippen LogP contribution is 2.47. The average Bonchev–Trinajstić information content (AvgIpc) is 2.41. The molecule has 2 rings (SSSR count). The summed E-state index contributed by atoms with van der Waals surface area (Å²) in [5.74, 6) is -1.08. The topological polar surface area (TPSA) is 26.0 Å². The van der Waals surface area contributed by atoms with Crippen molar-refractivity contribution in [1.82, 2.24) is 0 Å². The van der Waals surface area contributed by atoms with Gasteiger partial charge in [-0.1, -0.05) is 19.9 Å². The highest BCUT2D eigenvalue weighted by molar-refractivity contribution is 5.28. The van der Waals surface area contributed by atoms with Crippen LogP contribution in [0.15, 0.2) is 18.2 Å². The van der Waals surface area contributed by atoms with E-state index >= 15 is 0 Å². The van der Waals surface area contributed by atoms with Gasteiger partial charge in [-0.2, -0.15) is 0 Å². The molecule has 0 bridgehead atoms. The molecule has 3 heteroatoms. The molecule has 0 spiro atoms. The highest BCUT2D eigenvalue weighted by atomic mass is 19.1. The maximum Gasteiger partial charge on any atom is 0.131 e. The summed E-state index contributed by atoms with van der Waals surface area (Å²) in [5.41, 5.74) is 6.19. The number of nitrogens with two attached hydrogens (primary N) is 1. The van der Waals surface area contributed by atoms with Crippen molar-refractivity contribution in [3.05, 3.63) is 35.4 Å². The lowest BCUT2D eigenvalue weighted by atomic mass is 9.84. The summed E-state index contributed by atoms with van der Waals surface area (Å²) >= 11 is 0. The normalized spacial score (nSPS) is 28.3. The van der Waals surface area contributed by atoms with E-state index in [-0.39, 0.29) is 5.41 Å². The van der Waals surface area contributed by atoms with Gasteiger partial charge >= 0.3 is 0 Å². The number of halogens is 2. The molecular weight excluding hydrogens is 208 g/mol. The van der Waals surface area contributed by atoms with Crippen LogP contribution in [0.5, 0.6) is 0 Å². The van der Waals surface area contributed by atoms with E-state index in [4.69, 9.17) is 5.73 Å². The Morgan fingerprint density at radius 1 is 1.19 bits per heavy atom. The molecule has 0 radical (unpaired) electrons. The van der Waals surface area contributed by atoms with E-state index in [1.807, 2.05) is 0 Å². The maximum atomic E-state index is 13.7. The molecule has 2 N–H and O–H groups in total. The fraction of sp³-hybridized carbons (Fsp3) is 0.538. The van der Waals surface area contributed by atoms with E-state index in [1.54, 1.807) is 0 Å². The van der Waals surface area contributed by atoms with E-state index in [1.165, 1.54) is 12.1 Å². The monoisotopic (exact) mass is 225 g/mol. The predicted molar refractivity (Wildman–Crippen MR) is 59.9 cm³/mol. The maximum absolute atomic E-state index is 13.7. The second kappa shape index (κ2) is 3.52. The first-order valence-corrected chi connectivity index (χ1v) is 5.57. The van der Waals surface area contributed by atoms with Crippen LogP contribution in [0.3, 0.4) is 0 Å². The van der Waals surface area contributed by atoms with Crippen molar-refractivity contribution in [3.63, 3.8) is 0 Å². The van der Waals surface area contributed by atoms with Crippen LogP contribution in [0.4, 0.5) is 8.78 Å². The van der Waals surface area contributed by atoms with Crippen molar-refractivity contribution in [1.29, 1.82) is 0 Å². The Balaban J connectivity index is 2.38. The van der Waals surface area contributed by atoms with E-state index in [2.05, 4.69) is 13.8 Å². The number of hydrogen-bond donors (Lipinski definition) is 1. The SMILES string of the molecule is CC1(C)CCC(N)(c2ccc(F)cc2F)C1. The van der Waals surface area contributed by atoms with Gasteiger partial charge in [-0.05, 0) is 30.7 Å². The quantitative estimate of drug-likeness (QED) is 0.779. The Bertz CT molecular complexity index is 414. The molecule has 1 fully saturated rings. The number of benzene rings is 1. The van der Waals surface area contributed by atoms with Crippen LogP contribution < -0.4 is 5.73 Å². The summed E-state index contributed by atoms with van der Waals surface area (Å²) in [6.45, 7) is 4.26. The van der Waals surface area contributed by atoms with Crippen molar-refractivity contribution in [2.24, 2.45) is 11.1 Å². The Labute approximate surface area is 94.7 Å². The summed E-state index contributed by atoms with van der Waals surface area (Å²) in [6, 6.07) is 3.67. The van der Waals surface area contributed by atoms with Gasteiger partial charge in [-0.15, -0.1) is 0 Å². The lowest BCUT2D eigenvalue weighted by molar-refractivity contribution is 0.333. The van der Waals surface area contributed by atoms with Crippen LogP contribution in [-0.4, -0.2) is 0 Å². The third-order valence-corrected chi connectivity index (χ3v) is 3.51. The van der Waals surface area contributed by atoms with Crippen molar-refractivity contribution >= 4 is 0 Å². The molecule has 0 amide bonds. The Morgan fingerprint density at radius 2 is 1.88 bits per heavy atom. The first kappa shape index (κ1) is 11.5. The van der Waals surface area contributed by atoms with Crippen LogP contribution in [0.1, 0.15) is 38.7 Å². The summed E-state index contributed by atoms with van der Waals surface area (Å²) in [6.07, 6.45) is 2.46. The van der Waals surface area contributed by atoms with Crippen LogP contribution in [0.2, 0.25) is 0 Å². The van der Waals surface area contributed by atoms with E-state index < -0.39 is 17.2 Å². The van der Waals surface area contributed by atoms with Gasteiger partial charge in [0.1, 0.15) is 11.6 Å². The molecular formula is C13H17F2N. The number of hydrogen-bond acceptors (Lipinski definition) is 1. The van der Waals surface area contributed by atoms with Gasteiger partial charge in [0, 0.05) is 17.2 Å². The van der Waals surface area contributed by atoms with Crippen molar-refractivity contribution in [2.75, 3.05) is 0 Å². The van der Waals surface area contributed by atoms with Crippen LogP contribution in [-0.2, 0) is 5.54 Å².